The molecule has 176 valence electrons. The maximum Gasteiger partial charge on any atom is 0.295 e. The summed E-state index contributed by atoms with van der Waals surface area (Å²) < 4.78 is 12.3. The average molecular weight is 463 g/mol. The number of carbonyl (C=O) groups is 2. The van der Waals surface area contributed by atoms with Gasteiger partial charge < -0.3 is 29.2 Å². The Balaban J connectivity index is 1.78. The van der Waals surface area contributed by atoms with Crippen LogP contribution in [0.3, 0.4) is 0 Å². The highest BCUT2D eigenvalue weighted by Gasteiger charge is 2.46. The summed E-state index contributed by atoms with van der Waals surface area (Å²) in [6.45, 7) is 0.871. The van der Waals surface area contributed by atoms with Crippen molar-refractivity contribution in [3.8, 4) is 17.2 Å². The first-order chi connectivity index (χ1) is 16.4. The maximum absolute atomic E-state index is 13.1. The minimum Gasteiger partial charge on any atom is -0.507 e. The lowest BCUT2D eigenvalue weighted by Crippen LogP contribution is -2.31. The number of hydrogen-bond donors (Lipinski definition) is 2. The number of methoxy groups -OCH3 is 2. The smallest absolute Gasteiger partial charge is 0.295 e. The molecular formula is C25H25N3O6. The van der Waals surface area contributed by atoms with E-state index in [1.807, 2.05) is 10.8 Å². The van der Waals surface area contributed by atoms with Crippen LogP contribution in [0.4, 0.5) is 0 Å². The van der Waals surface area contributed by atoms with Gasteiger partial charge in [0.15, 0.2) is 11.5 Å². The molecule has 2 heterocycles. The maximum atomic E-state index is 13.1. The molecule has 1 unspecified atom stereocenters. The number of aromatic nitrogens is 2. The van der Waals surface area contributed by atoms with Gasteiger partial charge >= 0.3 is 0 Å². The number of carbonyl (C=O) groups excluding carboxylic acids is 2. The lowest BCUT2D eigenvalue weighted by molar-refractivity contribution is -0.139. The first-order valence-electron chi connectivity index (χ1n) is 10.7. The van der Waals surface area contributed by atoms with E-state index in [0.717, 1.165) is 0 Å². The molecule has 0 spiro atoms. The van der Waals surface area contributed by atoms with E-state index in [-0.39, 0.29) is 29.4 Å². The van der Waals surface area contributed by atoms with E-state index < -0.39 is 17.7 Å². The molecule has 4 rings (SSSR count). The number of phenolic OH excluding ortho intramolecular Hbond substituents is 1. The third kappa shape index (κ3) is 4.32. The van der Waals surface area contributed by atoms with Gasteiger partial charge in [-0.15, -0.1) is 0 Å². The fraction of sp³-hybridized carbons (Fsp3) is 0.240. The third-order valence-corrected chi connectivity index (χ3v) is 5.78. The second-order valence-corrected chi connectivity index (χ2v) is 7.81. The number of aromatic hydroxyl groups is 1. The molecular weight excluding hydrogens is 438 g/mol. The first kappa shape index (κ1) is 22.9. The summed E-state index contributed by atoms with van der Waals surface area (Å²) in [6.07, 6.45) is 5.73. The molecule has 0 radical (unpaired) electrons. The first-order valence-corrected chi connectivity index (χ1v) is 10.7. The van der Waals surface area contributed by atoms with Crippen molar-refractivity contribution in [2.75, 3.05) is 20.8 Å². The number of amides is 1. The summed E-state index contributed by atoms with van der Waals surface area (Å²) in [5.41, 5.74) is 0.848. The van der Waals surface area contributed by atoms with Gasteiger partial charge in [-0.3, -0.25) is 9.59 Å². The number of phenols is 1. The van der Waals surface area contributed by atoms with Crippen molar-refractivity contribution in [3.63, 3.8) is 0 Å². The van der Waals surface area contributed by atoms with Gasteiger partial charge in [-0.2, -0.15) is 0 Å². The van der Waals surface area contributed by atoms with Gasteiger partial charge in [0.1, 0.15) is 11.5 Å². The number of nitrogens with zero attached hydrogens (tertiary/aromatic N) is 3. The number of benzene rings is 2. The molecule has 1 amide bonds. The van der Waals surface area contributed by atoms with Crippen LogP contribution in [0.15, 0.2) is 66.8 Å². The van der Waals surface area contributed by atoms with Gasteiger partial charge in [-0.25, -0.2) is 4.98 Å². The van der Waals surface area contributed by atoms with Gasteiger partial charge in [0.25, 0.3) is 11.7 Å². The van der Waals surface area contributed by atoms with E-state index in [0.29, 0.717) is 29.8 Å². The van der Waals surface area contributed by atoms with E-state index in [9.17, 15) is 19.8 Å². The van der Waals surface area contributed by atoms with Gasteiger partial charge in [0, 0.05) is 31.0 Å². The van der Waals surface area contributed by atoms with E-state index in [2.05, 4.69) is 4.98 Å². The molecule has 1 aliphatic heterocycles. The molecule has 2 aromatic carbocycles. The predicted octanol–water partition coefficient (Wildman–Crippen LogP) is 3.12. The topological polar surface area (TPSA) is 114 Å². The van der Waals surface area contributed by atoms with Gasteiger partial charge in [-0.05, 0) is 36.2 Å². The number of likely N-dealkylation sites (tertiary alicyclic amines) is 1. The molecule has 1 saturated heterocycles. The Morgan fingerprint density at radius 3 is 2.62 bits per heavy atom. The Kier molecular flexibility index (Phi) is 6.53. The van der Waals surface area contributed by atoms with Crippen LogP contribution >= 0.6 is 0 Å². The molecule has 0 bridgehead atoms. The average Bonchev–Trinajstić information content (AvgIpc) is 3.46. The predicted molar refractivity (Wildman–Crippen MR) is 124 cm³/mol. The Bertz CT molecular complexity index is 1240. The molecule has 3 aromatic rings. The van der Waals surface area contributed by atoms with E-state index in [4.69, 9.17) is 9.47 Å². The summed E-state index contributed by atoms with van der Waals surface area (Å²) in [6, 6.07) is 10.4. The lowest BCUT2D eigenvalue weighted by Gasteiger charge is -2.26. The Labute approximate surface area is 196 Å². The van der Waals surface area contributed by atoms with E-state index in [1.54, 1.807) is 48.9 Å². The van der Waals surface area contributed by atoms with Crippen LogP contribution in [0, 0.1) is 0 Å². The van der Waals surface area contributed by atoms with Gasteiger partial charge in [0.05, 0.1) is 32.2 Å². The van der Waals surface area contributed by atoms with Crippen LogP contribution in [0.5, 0.6) is 17.2 Å². The number of imidazole rings is 1. The second-order valence-electron chi connectivity index (χ2n) is 7.81. The Morgan fingerprint density at radius 2 is 1.91 bits per heavy atom. The zero-order chi connectivity index (χ0) is 24.2. The zero-order valence-electron chi connectivity index (χ0n) is 18.8. The van der Waals surface area contributed by atoms with Crippen LogP contribution in [-0.4, -0.2) is 57.1 Å². The fourth-order valence-electron chi connectivity index (χ4n) is 4.09. The monoisotopic (exact) mass is 463 g/mol. The van der Waals surface area contributed by atoms with Crippen molar-refractivity contribution in [1.82, 2.24) is 14.5 Å². The third-order valence-electron chi connectivity index (χ3n) is 5.78. The van der Waals surface area contributed by atoms with Crippen LogP contribution in [0.25, 0.3) is 5.76 Å². The second kappa shape index (κ2) is 9.70. The summed E-state index contributed by atoms with van der Waals surface area (Å²) in [5, 5.41) is 21.2. The Morgan fingerprint density at radius 1 is 1.09 bits per heavy atom. The quantitative estimate of drug-likeness (QED) is 0.300. The number of ether oxygens (including phenoxy) is 2. The molecule has 9 heteroatoms. The SMILES string of the molecule is COc1cccc(C(O)=C2C(=O)C(=O)N(CCCn3ccnc3)C2c2ccc(O)c(OC)c2)c1. The van der Waals surface area contributed by atoms with Crippen molar-refractivity contribution in [3.05, 3.63) is 77.9 Å². The van der Waals surface area contributed by atoms with Crippen molar-refractivity contribution in [1.29, 1.82) is 0 Å². The van der Waals surface area contributed by atoms with Crippen LogP contribution in [0.1, 0.15) is 23.6 Å². The highest BCUT2D eigenvalue weighted by atomic mass is 16.5. The number of rotatable bonds is 8. The summed E-state index contributed by atoms with van der Waals surface area (Å²) in [7, 11) is 2.91. The van der Waals surface area contributed by atoms with Crippen LogP contribution in [0.2, 0.25) is 0 Å². The minimum absolute atomic E-state index is 0.0337. The van der Waals surface area contributed by atoms with Crippen LogP contribution in [-0.2, 0) is 16.1 Å². The highest BCUT2D eigenvalue weighted by molar-refractivity contribution is 6.46. The fourth-order valence-corrected chi connectivity index (χ4v) is 4.09. The van der Waals surface area contributed by atoms with Crippen molar-refractivity contribution >= 4 is 17.4 Å². The molecule has 1 aromatic heterocycles. The molecule has 2 N–H and O–H groups in total. The lowest BCUT2D eigenvalue weighted by atomic mass is 9.95. The molecule has 9 nitrogen and oxygen atoms in total. The molecule has 34 heavy (non-hydrogen) atoms. The van der Waals surface area contributed by atoms with Gasteiger partial charge in [-0.1, -0.05) is 18.2 Å². The molecule has 1 fully saturated rings. The Hall–Kier alpha value is -4.27. The van der Waals surface area contributed by atoms with Crippen LogP contribution < -0.4 is 9.47 Å². The summed E-state index contributed by atoms with van der Waals surface area (Å²) >= 11 is 0. The number of aliphatic hydroxyl groups is 1. The van der Waals surface area contributed by atoms with Crippen molar-refractivity contribution < 1.29 is 29.3 Å². The number of aliphatic hydroxyl groups excluding tert-OH is 1. The molecule has 1 aliphatic rings. The number of ketones is 1. The standard InChI is InChI=1S/C25H25N3O6/c1-33-18-6-3-5-17(13-18)23(30)21-22(16-7-8-19(29)20(14-16)34-2)28(25(32)24(21)31)11-4-10-27-12-9-26-15-27/h3,5-9,12-15,22,29-30H,4,10-11H2,1-2H3. The number of aryl methyl sites for hydroxylation is 1. The van der Waals surface area contributed by atoms with E-state index >= 15 is 0 Å². The minimum atomic E-state index is -0.858. The van der Waals surface area contributed by atoms with Crippen molar-refractivity contribution in [2.24, 2.45) is 0 Å². The molecule has 0 saturated carbocycles. The van der Waals surface area contributed by atoms with Gasteiger partial charge in [0.2, 0.25) is 0 Å². The highest BCUT2D eigenvalue weighted by Crippen LogP contribution is 2.42. The largest absolute Gasteiger partial charge is 0.507 e. The summed E-state index contributed by atoms with van der Waals surface area (Å²) in [4.78, 5) is 31.7. The summed E-state index contributed by atoms with van der Waals surface area (Å²) in [5.74, 6) is -1.15. The zero-order valence-corrected chi connectivity index (χ0v) is 18.8. The molecule has 0 aliphatic carbocycles. The number of Topliss-reactive ketones (excluding diaryl/α,β-unsaturated/α-hetero) is 1. The van der Waals surface area contributed by atoms with E-state index in [1.165, 1.54) is 25.2 Å². The van der Waals surface area contributed by atoms with Crippen molar-refractivity contribution in [2.45, 2.75) is 19.0 Å². The normalized spacial score (nSPS) is 17.2. The molecule has 1 atom stereocenters. The number of hydrogen-bond acceptors (Lipinski definition) is 7.